The molecule has 0 spiro atoms. The van der Waals surface area contributed by atoms with Crippen LogP contribution in [0.1, 0.15) is 4.88 Å². The second-order valence-corrected chi connectivity index (χ2v) is 6.18. The number of thiophene rings is 1. The molecule has 0 aliphatic rings. The normalized spacial score (nSPS) is 10.4. The van der Waals surface area contributed by atoms with Crippen LogP contribution >= 0.6 is 27.3 Å². The van der Waals surface area contributed by atoms with Crippen LogP contribution in [-0.4, -0.2) is 7.11 Å². The number of rotatable bonds is 4. The van der Waals surface area contributed by atoms with Gasteiger partial charge >= 0.3 is 0 Å². The number of hydrogen-bond donors (Lipinski definition) is 2. The van der Waals surface area contributed by atoms with Gasteiger partial charge in [-0.15, -0.1) is 11.3 Å². The van der Waals surface area contributed by atoms with E-state index in [1.54, 1.807) is 17.4 Å². The van der Waals surface area contributed by atoms with E-state index in [0.717, 1.165) is 8.66 Å². The molecule has 0 saturated carbocycles. The molecule has 1 heterocycles. The first-order chi connectivity index (χ1) is 8.60. The van der Waals surface area contributed by atoms with Gasteiger partial charge in [0.1, 0.15) is 0 Å². The number of halogens is 2. The lowest BCUT2D eigenvalue weighted by Crippen LogP contribution is -2.02. The fourth-order valence-corrected chi connectivity index (χ4v) is 2.93. The SMILES string of the molecule is COc1cc(NCc2ccc(Br)s2)c(N)cc1F. The number of anilines is 2. The van der Waals surface area contributed by atoms with E-state index in [0.29, 0.717) is 17.9 Å². The van der Waals surface area contributed by atoms with Crippen LogP contribution in [-0.2, 0) is 6.54 Å². The summed E-state index contributed by atoms with van der Waals surface area (Å²) in [7, 11) is 1.43. The third-order valence-electron chi connectivity index (χ3n) is 2.41. The number of nitrogens with one attached hydrogen (secondary N) is 1. The summed E-state index contributed by atoms with van der Waals surface area (Å²) in [5.41, 5.74) is 6.78. The van der Waals surface area contributed by atoms with Crippen molar-refractivity contribution in [2.45, 2.75) is 6.54 Å². The molecule has 0 saturated heterocycles. The minimum atomic E-state index is -0.459. The molecule has 96 valence electrons. The molecular formula is C12H12BrFN2OS. The van der Waals surface area contributed by atoms with Gasteiger partial charge in [-0.05, 0) is 28.1 Å². The molecule has 0 amide bonds. The van der Waals surface area contributed by atoms with Crippen molar-refractivity contribution >= 4 is 38.6 Å². The molecule has 0 unspecified atom stereocenters. The Morgan fingerprint density at radius 2 is 2.22 bits per heavy atom. The predicted molar refractivity (Wildman–Crippen MR) is 76.7 cm³/mol. The lowest BCUT2D eigenvalue weighted by atomic mass is 10.2. The van der Waals surface area contributed by atoms with Gasteiger partial charge in [-0.2, -0.15) is 0 Å². The maximum absolute atomic E-state index is 13.4. The third kappa shape index (κ3) is 2.94. The summed E-state index contributed by atoms with van der Waals surface area (Å²) in [6.45, 7) is 0.634. The first-order valence-electron chi connectivity index (χ1n) is 5.21. The van der Waals surface area contributed by atoms with Crippen molar-refractivity contribution in [1.82, 2.24) is 0 Å². The van der Waals surface area contributed by atoms with Crippen molar-refractivity contribution in [3.05, 3.63) is 38.7 Å². The van der Waals surface area contributed by atoms with E-state index in [1.807, 2.05) is 12.1 Å². The van der Waals surface area contributed by atoms with Crippen LogP contribution in [0.25, 0.3) is 0 Å². The molecule has 3 nitrogen and oxygen atoms in total. The highest BCUT2D eigenvalue weighted by molar-refractivity contribution is 9.11. The van der Waals surface area contributed by atoms with Gasteiger partial charge in [0.05, 0.1) is 22.3 Å². The molecule has 0 aliphatic heterocycles. The molecule has 0 aliphatic carbocycles. The molecule has 6 heteroatoms. The Labute approximate surface area is 117 Å². The zero-order valence-electron chi connectivity index (χ0n) is 9.67. The van der Waals surface area contributed by atoms with E-state index >= 15 is 0 Å². The zero-order valence-corrected chi connectivity index (χ0v) is 12.1. The molecule has 0 fully saturated rings. The van der Waals surface area contributed by atoms with E-state index in [-0.39, 0.29) is 5.75 Å². The van der Waals surface area contributed by atoms with E-state index in [9.17, 15) is 4.39 Å². The fourth-order valence-electron chi connectivity index (χ4n) is 1.51. The zero-order chi connectivity index (χ0) is 13.1. The minimum absolute atomic E-state index is 0.180. The molecule has 2 aromatic rings. The first-order valence-corrected chi connectivity index (χ1v) is 6.82. The van der Waals surface area contributed by atoms with E-state index < -0.39 is 5.82 Å². The van der Waals surface area contributed by atoms with Gasteiger partial charge < -0.3 is 15.8 Å². The van der Waals surface area contributed by atoms with E-state index in [4.69, 9.17) is 10.5 Å². The van der Waals surface area contributed by atoms with Crippen molar-refractivity contribution in [3.8, 4) is 5.75 Å². The summed E-state index contributed by atoms with van der Waals surface area (Å²) in [5, 5.41) is 3.16. The standard InChI is InChI=1S/C12H12BrFN2OS/c1-17-11-5-10(9(15)4-8(11)14)16-6-7-2-3-12(13)18-7/h2-5,16H,6,15H2,1H3. The number of methoxy groups -OCH3 is 1. The highest BCUT2D eigenvalue weighted by Gasteiger charge is 2.08. The number of benzene rings is 1. The lowest BCUT2D eigenvalue weighted by molar-refractivity contribution is 0.387. The van der Waals surface area contributed by atoms with Crippen LogP contribution in [0.3, 0.4) is 0 Å². The molecule has 1 aromatic heterocycles. The van der Waals surface area contributed by atoms with Crippen molar-refractivity contribution in [2.75, 3.05) is 18.2 Å². The summed E-state index contributed by atoms with van der Waals surface area (Å²) in [5.74, 6) is -0.279. The Bertz CT molecular complexity index is 559. The first kappa shape index (κ1) is 13.2. The average Bonchev–Trinajstić information content (AvgIpc) is 2.74. The average molecular weight is 331 g/mol. The number of ether oxygens (including phenoxy) is 1. The van der Waals surface area contributed by atoms with Crippen LogP contribution in [0.5, 0.6) is 5.75 Å². The smallest absolute Gasteiger partial charge is 0.167 e. The third-order valence-corrected chi connectivity index (χ3v) is 4.03. The summed E-state index contributed by atoms with van der Waals surface area (Å²) in [6, 6.07) is 6.81. The second kappa shape index (κ2) is 5.58. The molecule has 2 rings (SSSR count). The minimum Gasteiger partial charge on any atom is -0.494 e. The van der Waals surface area contributed by atoms with Gasteiger partial charge in [-0.1, -0.05) is 0 Å². The number of nitrogens with two attached hydrogens (primary N) is 1. The molecule has 3 N–H and O–H groups in total. The van der Waals surface area contributed by atoms with Crippen molar-refractivity contribution in [1.29, 1.82) is 0 Å². The summed E-state index contributed by atoms with van der Waals surface area (Å²) in [4.78, 5) is 1.16. The van der Waals surface area contributed by atoms with Crippen LogP contribution < -0.4 is 15.8 Å². The van der Waals surface area contributed by atoms with Crippen molar-refractivity contribution in [2.24, 2.45) is 0 Å². The molecule has 0 radical (unpaired) electrons. The number of nitrogen functional groups attached to an aromatic ring is 1. The Balaban J connectivity index is 2.13. The van der Waals surface area contributed by atoms with Crippen LogP contribution in [0.15, 0.2) is 28.1 Å². The topological polar surface area (TPSA) is 47.3 Å². The molecular weight excluding hydrogens is 319 g/mol. The molecule has 18 heavy (non-hydrogen) atoms. The highest BCUT2D eigenvalue weighted by atomic mass is 79.9. The predicted octanol–water partition coefficient (Wildman–Crippen LogP) is 3.85. The molecule has 0 atom stereocenters. The Morgan fingerprint density at radius 3 is 2.83 bits per heavy atom. The fraction of sp³-hybridized carbons (Fsp3) is 0.167. The highest BCUT2D eigenvalue weighted by Crippen LogP contribution is 2.29. The van der Waals surface area contributed by atoms with Crippen molar-refractivity contribution in [3.63, 3.8) is 0 Å². The number of hydrogen-bond acceptors (Lipinski definition) is 4. The quantitative estimate of drug-likeness (QED) is 0.837. The summed E-state index contributed by atoms with van der Waals surface area (Å²) < 4.78 is 19.4. The van der Waals surface area contributed by atoms with Gasteiger partial charge in [0.25, 0.3) is 0 Å². The van der Waals surface area contributed by atoms with Gasteiger partial charge in [0, 0.05) is 23.6 Å². The Hall–Kier alpha value is -1.27. The van der Waals surface area contributed by atoms with Gasteiger partial charge in [-0.25, -0.2) is 4.39 Å². The van der Waals surface area contributed by atoms with E-state index in [1.165, 1.54) is 13.2 Å². The Kier molecular flexibility index (Phi) is 4.08. The van der Waals surface area contributed by atoms with Crippen molar-refractivity contribution < 1.29 is 9.13 Å². The second-order valence-electron chi connectivity index (χ2n) is 3.63. The maximum atomic E-state index is 13.4. The Morgan fingerprint density at radius 1 is 1.44 bits per heavy atom. The van der Waals surface area contributed by atoms with Crippen LogP contribution in [0.4, 0.5) is 15.8 Å². The van der Waals surface area contributed by atoms with Crippen LogP contribution in [0.2, 0.25) is 0 Å². The van der Waals surface area contributed by atoms with Crippen LogP contribution in [0, 0.1) is 5.82 Å². The lowest BCUT2D eigenvalue weighted by Gasteiger charge is -2.11. The summed E-state index contributed by atoms with van der Waals surface area (Å²) in [6.07, 6.45) is 0. The summed E-state index contributed by atoms with van der Waals surface area (Å²) >= 11 is 5.04. The monoisotopic (exact) mass is 330 g/mol. The molecule has 0 bridgehead atoms. The van der Waals surface area contributed by atoms with Gasteiger partial charge in [0.15, 0.2) is 11.6 Å². The van der Waals surface area contributed by atoms with Gasteiger partial charge in [-0.3, -0.25) is 0 Å². The van der Waals surface area contributed by atoms with E-state index in [2.05, 4.69) is 21.2 Å². The largest absolute Gasteiger partial charge is 0.494 e. The van der Waals surface area contributed by atoms with Gasteiger partial charge in [0.2, 0.25) is 0 Å². The maximum Gasteiger partial charge on any atom is 0.167 e. The molecule has 1 aromatic carbocycles.